The van der Waals surface area contributed by atoms with Crippen molar-refractivity contribution < 1.29 is 8.42 Å². The van der Waals surface area contributed by atoms with Crippen molar-refractivity contribution in [1.82, 2.24) is 14.5 Å². The summed E-state index contributed by atoms with van der Waals surface area (Å²) in [7, 11) is -3.53. The number of aromatic nitrogens is 3. The monoisotopic (exact) mass is 327 g/mol. The maximum Gasteiger partial charge on any atom is 0.271 e. The van der Waals surface area contributed by atoms with Gasteiger partial charge in [-0.3, -0.25) is 9.36 Å². The summed E-state index contributed by atoms with van der Waals surface area (Å²) in [6, 6.07) is 1.50. The van der Waals surface area contributed by atoms with Gasteiger partial charge in [-0.05, 0) is 18.9 Å². The zero-order valence-corrected chi connectivity index (χ0v) is 13.0. The van der Waals surface area contributed by atoms with Gasteiger partial charge in [0.25, 0.3) is 5.56 Å². The van der Waals surface area contributed by atoms with Crippen LogP contribution in [0.25, 0.3) is 11.0 Å². The third kappa shape index (κ3) is 2.55. The molecule has 112 valence electrons. The lowest BCUT2D eigenvalue weighted by Crippen LogP contribution is -2.25. The molecule has 1 aliphatic carbocycles. The molecule has 0 N–H and O–H groups in total. The molecule has 2 aromatic rings. The Balaban J connectivity index is 2.36. The van der Waals surface area contributed by atoms with Gasteiger partial charge in [-0.15, -0.1) is 0 Å². The fraction of sp³-hybridized carbons (Fsp3) is 0.462. The molecule has 0 atom stereocenters. The SMILES string of the molecule is CS(=O)(=O)c1ncc2cc(Cl)c(=O)n(C3CCCC3)c2n1. The van der Waals surface area contributed by atoms with Crippen LogP contribution in [-0.4, -0.2) is 29.2 Å². The first-order chi connectivity index (χ1) is 9.88. The Labute approximate surface area is 126 Å². The van der Waals surface area contributed by atoms with Crippen molar-refractivity contribution in [2.24, 2.45) is 0 Å². The van der Waals surface area contributed by atoms with Crippen molar-refractivity contribution in [1.29, 1.82) is 0 Å². The second-order valence-electron chi connectivity index (χ2n) is 5.31. The van der Waals surface area contributed by atoms with Gasteiger partial charge in [0.1, 0.15) is 10.7 Å². The van der Waals surface area contributed by atoms with Crippen molar-refractivity contribution in [3.8, 4) is 0 Å². The molecular weight excluding hydrogens is 314 g/mol. The van der Waals surface area contributed by atoms with Crippen molar-refractivity contribution in [2.75, 3.05) is 6.26 Å². The van der Waals surface area contributed by atoms with E-state index in [1.54, 1.807) is 0 Å². The average Bonchev–Trinajstić information content (AvgIpc) is 2.92. The highest BCUT2D eigenvalue weighted by Crippen LogP contribution is 2.31. The highest BCUT2D eigenvalue weighted by atomic mass is 35.5. The smallest absolute Gasteiger partial charge is 0.271 e. The molecule has 0 aromatic carbocycles. The number of pyridine rings is 1. The van der Waals surface area contributed by atoms with E-state index in [0.717, 1.165) is 31.9 Å². The van der Waals surface area contributed by atoms with Gasteiger partial charge in [0.05, 0.1) is 0 Å². The molecule has 8 heteroatoms. The summed E-state index contributed by atoms with van der Waals surface area (Å²) in [5, 5.41) is 0.396. The van der Waals surface area contributed by atoms with E-state index in [2.05, 4.69) is 9.97 Å². The number of hydrogen-bond donors (Lipinski definition) is 0. The van der Waals surface area contributed by atoms with Crippen LogP contribution in [0.4, 0.5) is 0 Å². The minimum atomic E-state index is -3.53. The molecule has 0 bridgehead atoms. The van der Waals surface area contributed by atoms with Gasteiger partial charge >= 0.3 is 0 Å². The molecule has 0 aliphatic heterocycles. The number of rotatable bonds is 2. The second kappa shape index (κ2) is 5.06. The Morgan fingerprint density at radius 1 is 1.33 bits per heavy atom. The van der Waals surface area contributed by atoms with Gasteiger partial charge < -0.3 is 0 Å². The highest BCUT2D eigenvalue weighted by molar-refractivity contribution is 7.90. The molecule has 0 radical (unpaired) electrons. The molecule has 2 heterocycles. The van der Waals surface area contributed by atoms with E-state index in [-0.39, 0.29) is 21.8 Å². The minimum Gasteiger partial charge on any atom is -0.288 e. The predicted octanol–water partition coefficient (Wildman–Crippen LogP) is 1.96. The topological polar surface area (TPSA) is 81.9 Å². The molecule has 0 unspecified atom stereocenters. The first kappa shape index (κ1) is 14.5. The Morgan fingerprint density at radius 3 is 2.62 bits per heavy atom. The summed E-state index contributed by atoms with van der Waals surface area (Å²) in [6.45, 7) is 0. The number of nitrogens with zero attached hydrogens (tertiary/aromatic N) is 3. The summed E-state index contributed by atoms with van der Waals surface area (Å²) >= 11 is 5.99. The normalized spacial score (nSPS) is 16.7. The van der Waals surface area contributed by atoms with Crippen LogP contribution in [0.2, 0.25) is 5.02 Å². The van der Waals surface area contributed by atoms with E-state index in [1.165, 1.54) is 16.8 Å². The molecule has 3 rings (SSSR count). The van der Waals surface area contributed by atoms with E-state index >= 15 is 0 Å². The van der Waals surface area contributed by atoms with Crippen LogP contribution in [0.5, 0.6) is 0 Å². The maximum absolute atomic E-state index is 12.4. The zero-order valence-electron chi connectivity index (χ0n) is 11.4. The van der Waals surface area contributed by atoms with Crippen LogP contribution < -0.4 is 5.56 Å². The van der Waals surface area contributed by atoms with Gasteiger partial charge in [-0.25, -0.2) is 13.4 Å². The molecular formula is C13H14ClN3O3S. The number of halogens is 1. The molecule has 0 saturated heterocycles. The van der Waals surface area contributed by atoms with Gasteiger partial charge in [-0.1, -0.05) is 24.4 Å². The molecule has 1 fully saturated rings. The van der Waals surface area contributed by atoms with Gasteiger partial charge in [-0.2, -0.15) is 4.98 Å². The Hall–Kier alpha value is -1.47. The number of sulfone groups is 1. The van der Waals surface area contributed by atoms with E-state index < -0.39 is 9.84 Å². The van der Waals surface area contributed by atoms with Crippen LogP contribution in [0.15, 0.2) is 22.2 Å². The Morgan fingerprint density at radius 2 is 2.00 bits per heavy atom. The van der Waals surface area contributed by atoms with E-state index in [9.17, 15) is 13.2 Å². The molecule has 6 nitrogen and oxygen atoms in total. The highest BCUT2D eigenvalue weighted by Gasteiger charge is 2.23. The second-order valence-corrected chi connectivity index (χ2v) is 7.63. The molecule has 0 amide bonds. The molecule has 1 saturated carbocycles. The van der Waals surface area contributed by atoms with E-state index in [0.29, 0.717) is 11.0 Å². The average molecular weight is 328 g/mol. The van der Waals surface area contributed by atoms with Crippen LogP contribution in [0.1, 0.15) is 31.7 Å². The van der Waals surface area contributed by atoms with Crippen LogP contribution in [-0.2, 0) is 9.84 Å². The molecule has 1 aliphatic rings. The van der Waals surface area contributed by atoms with Crippen molar-refractivity contribution in [3.63, 3.8) is 0 Å². The number of hydrogen-bond acceptors (Lipinski definition) is 5. The zero-order chi connectivity index (χ0) is 15.2. The fourth-order valence-electron chi connectivity index (χ4n) is 2.75. The Kier molecular flexibility index (Phi) is 3.49. The predicted molar refractivity (Wildman–Crippen MR) is 79.4 cm³/mol. The lowest BCUT2D eigenvalue weighted by Gasteiger charge is -2.16. The number of fused-ring (bicyclic) bond motifs is 1. The van der Waals surface area contributed by atoms with Gasteiger partial charge in [0.15, 0.2) is 0 Å². The van der Waals surface area contributed by atoms with Crippen molar-refractivity contribution in [3.05, 3.63) is 27.6 Å². The fourth-order valence-corrected chi connectivity index (χ4v) is 3.46. The van der Waals surface area contributed by atoms with Gasteiger partial charge in [0, 0.05) is 23.9 Å². The lowest BCUT2D eigenvalue weighted by molar-refractivity contribution is 0.513. The van der Waals surface area contributed by atoms with Crippen LogP contribution >= 0.6 is 11.6 Å². The summed E-state index contributed by atoms with van der Waals surface area (Å²) < 4.78 is 24.8. The maximum atomic E-state index is 12.4. The largest absolute Gasteiger partial charge is 0.288 e. The quantitative estimate of drug-likeness (QED) is 0.787. The third-order valence-corrected chi connectivity index (χ3v) is 4.86. The first-order valence-corrected chi connectivity index (χ1v) is 8.93. The molecule has 0 spiro atoms. The lowest BCUT2D eigenvalue weighted by atomic mass is 10.2. The minimum absolute atomic E-state index is 0.0148. The Bertz CT molecular complexity index is 870. The first-order valence-electron chi connectivity index (χ1n) is 6.66. The molecule has 21 heavy (non-hydrogen) atoms. The summed E-state index contributed by atoms with van der Waals surface area (Å²) in [4.78, 5) is 20.3. The van der Waals surface area contributed by atoms with E-state index in [4.69, 9.17) is 11.6 Å². The molecule has 2 aromatic heterocycles. The summed E-state index contributed by atoms with van der Waals surface area (Å²) in [5.74, 6) is 0. The van der Waals surface area contributed by atoms with Crippen molar-refractivity contribution >= 4 is 32.5 Å². The van der Waals surface area contributed by atoms with Crippen LogP contribution in [0, 0.1) is 0 Å². The standard InChI is InChI=1S/C13H14ClN3O3S/c1-21(19,20)13-15-7-8-6-10(14)12(18)17(11(8)16-13)9-4-2-3-5-9/h6-7,9H,2-5H2,1H3. The summed E-state index contributed by atoms with van der Waals surface area (Å²) in [5.41, 5.74) is 0.0148. The summed E-state index contributed by atoms with van der Waals surface area (Å²) in [6.07, 6.45) is 6.25. The van der Waals surface area contributed by atoms with E-state index in [1.807, 2.05) is 0 Å². The van der Waals surface area contributed by atoms with Crippen molar-refractivity contribution in [2.45, 2.75) is 36.9 Å². The van der Waals surface area contributed by atoms with Gasteiger partial charge in [0.2, 0.25) is 15.0 Å². The van der Waals surface area contributed by atoms with Crippen LogP contribution in [0.3, 0.4) is 0 Å². The third-order valence-electron chi connectivity index (χ3n) is 3.73.